The molecule has 1 amide bonds. The van der Waals surface area contributed by atoms with Crippen LogP contribution in [0.2, 0.25) is 0 Å². The highest BCUT2D eigenvalue weighted by atomic mass is 16.2. The van der Waals surface area contributed by atoms with Crippen LogP contribution in [0.25, 0.3) is 0 Å². The molecule has 2 rings (SSSR count). The van der Waals surface area contributed by atoms with Gasteiger partial charge in [0.15, 0.2) is 0 Å². The summed E-state index contributed by atoms with van der Waals surface area (Å²) in [7, 11) is 2.01. The fraction of sp³-hybridized carbons (Fsp3) is 0.909. The lowest BCUT2D eigenvalue weighted by molar-refractivity contribution is -0.138. The molecular formula is C11H21N3O. The van der Waals surface area contributed by atoms with Crippen molar-refractivity contribution in [3.8, 4) is 0 Å². The van der Waals surface area contributed by atoms with Crippen LogP contribution in [0, 0.1) is 0 Å². The first-order valence-electron chi connectivity index (χ1n) is 5.90. The lowest BCUT2D eigenvalue weighted by atomic mass is 9.90. The largest absolute Gasteiger partial charge is 0.337 e. The molecule has 1 saturated carbocycles. The number of likely N-dealkylation sites (N-methyl/N-ethyl adjacent to an activating group) is 1. The Morgan fingerprint density at radius 2 is 1.87 bits per heavy atom. The second-order valence-electron chi connectivity index (χ2n) is 4.89. The van der Waals surface area contributed by atoms with E-state index in [-0.39, 0.29) is 0 Å². The van der Waals surface area contributed by atoms with Gasteiger partial charge >= 0.3 is 0 Å². The van der Waals surface area contributed by atoms with Gasteiger partial charge in [-0.1, -0.05) is 0 Å². The van der Waals surface area contributed by atoms with E-state index in [2.05, 4.69) is 9.80 Å². The molecule has 15 heavy (non-hydrogen) atoms. The van der Waals surface area contributed by atoms with E-state index < -0.39 is 0 Å². The van der Waals surface area contributed by atoms with Crippen LogP contribution in [0.4, 0.5) is 0 Å². The van der Waals surface area contributed by atoms with Gasteiger partial charge in [-0.15, -0.1) is 0 Å². The van der Waals surface area contributed by atoms with E-state index in [1.165, 1.54) is 0 Å². The molecule has 0 aromatic rings. The second kappa shape index (κ2) is 4.49. The third-order valence-corrected chi connectivity index (χ3v) is 3.63. The molecule has 1 aliphatic carbocycles. The number of rotatable bonds is 1. The van der Waals surface area contributed by atoms with E-state index in [9.17, 15) is 4.79 Å². The molecule has 4 heteroatoms. The molecular weight excluding hydrogens is 190 g/mol. The van der Waals surface area contributed by atoms with Gasteiger partial charge < -0.3 is 10.6 Å². The monoisotopic (exact) mass is 211 g/mol. The number of nitrogens with zero attached hydrogens (tertiary/aromatic N) is 2. The van der Waals surface area contributed by atoms with Crippen molar-refractivity contribution in [2.45, 2.75) is 37.8 Å². The van der Waals surface area contributed by atoms with Gasteiger partial charge in [0.2, 0.25) is 5.91 Å². The van der Waals surface area contributed by atoms with Gasteiger partial charge in [0.25, 0.3) is 0 Å². The van der Waals surface area contributed by atoms with E-state index >= 15 is 0 Å². The molecule has 0 aromatic heterocycles. The van der Waals surface area contributed by atoms with E-state index in [0.717, 1.165) is 38.8 Å². The predicted octanol–water partition coefficient (Wildman–Crippen LogP) is 0.0303. The van der Waals surface area contributed by atoms with Crippen LogP contribution >= 0.6 is 0 Å². The predicted molar refractivity (Wildman–Crippen MR) is 59.4 cm³/mol. The van der Waals surface area contributed by atoms with Crippen molar-refractivity contribution in [3.63, 3.8) is 0 Å². The van der Waals surface area contributed by atoms with Crippen molar-refractivity contribution in [1.29, 1.82) is 0 Å². The summed E-state index contributed by atoms with van der Waals surface area (Å²) in [5, 5.41) is 0. The van der Waals surface area contributed by atoms with Crippen LogP contribution < -0.4 is 5.73 Å². The summed E-state index contributed by atoms with van der Waals surface area (Å²) in [6, 6.07) is 0.829. The van der Waals surface area contributed by atoms with Gasteiger partial charge in [-0.2, -0.15) is 0 Å². The van der Waals surface area contributed by atoms with E-state index in [1.54, 1.807) is 0 Å². The molecule has 2 aliphatic rings. The van der Waals surface area contributed by atoms with Gasteiger partial charge in [-0.3, -0.25) is 9.69 Å². The quantitative estimate of drug-likeness (QED) is 0.666. The average molecular weight is 211 g/mol. The fourth-order valence-corrected chi connectivity index (χ4v) is 2.60. The van der Waals surface area contributed by atoms with Crippen LogP contribution in [0.5, 0.6) is 0 Å². The maximum atomic E-state index is 11.8. The topological polar surface area (TPSA) is 49.6 Å². The third kappa shape index (κ3) is 2.49. The van der Waals surface area contributed by atoms with Crippen LogP contribution in [-0.4, -0.2) is 54.5 Å². The van der Waals surface area contributed by atoms with Crippen LogP contribution in [-0.2, 0) is 4.79 Å². The first-order valence-corrected chi connectivity index (χ1v) is 5.90. The average Bonchev–Trinajstić information content (AvgIpc) is 2.20. The molecule has 86 valence electrons. The van der Waals surface area contributed by atoms with Gasteiger partial charge in [-0.25, -0.2) is 0 Å². The van der Waals surface area contributed by atoms with E-state index in [4.69, 9.17) is 5.73 Å². The minimum absolute atomic E-state index is 0.296. The maximum Gasteiger partial charge on any atom is 0.237 e. The first kappa shape index (κ1) is 10.9. The molecule has 1 saturated heterocycles. The van der Waals surface area contributed by atoms with Crippen molar-refractivity contribution in [2.75, 3.05) is 26.7 Å². The molecule has 0 unspecified atom stereocenters. The van der Waals surface area contributed by atoms with Gasteiger partial charge in [-0.05, 0) is 32.7 Å². The Hall–Kier alpha value is -0.610. The molecule has 2 fully saturated rings. The number of hydrogen-bond acceptors (Lipinski definition) is 3. The Balaban J connectivity index is 1.90. The zero-order chi connectivity index (χ0) is 10.8. The van der Waals surface area contributed by atoms with Gasteiger partial charge in [0.05, 0.1) is 6.54 Å². The van der Waals surface area contributed by atoms with Crippen molar-refractivity contribution in [3.05, 3.63) is 0 Å². The smallest absolute Gasteiger partial charge is 0.237 e. The van der Waals surface area contributed by atoms with Crippen LogP contribution in [0.3, 0.4) is 0 Å². The minimum Gasteiger partial charge on any atom is -0.337 e. The molecule has 0 radical (unpaired) electrons. The standard InChI is InChI=1S/C11H21N3O/c1-13-6-7-14(11(15)8-13)10-4-2-9(12)3-5-10/h9-10H,2-8,12H2,1H3/t9-,10-. The Labute approximate surface area is 91.4 Å². The number of nitrogens with two attached hydrogens (primary N) is 1. The molecule has 2 N–H and O–H groups in total. The molecule has 1 aliphatic heterocycles. The lowest BCUT2D eigenvalue weighted by Gasteiger charge is -2.40. The summed E-state index contributed by atoms with van der Waals surface area (Å²) in [6.07, 6.45) is 4.34. The molecule has 4 nitrogen and oxygen atoms in total. The Bertz CT molecular complexity index is 236. The molecule has 0 spiro atoms. The van der Waals surface area contributed by atoms with Crippen molar-refractivity contribution >= 4 is 5.91 Å². The van der Waals surface area contributed by atoms with E-state index in [0.29, 0.717) is 24.5 Å². The summed E-state index contributed by atoms with van der Waals surface area (Å²) in [4.78, 5) is 16.0. The normalized spacial score (nSPS) is 34.5. The van der Waals surface area contributed by atoms with Crippen LogP contribution in [0.15, 0.2) is 0 Å². The highest BCUT2D eigenvalue weighted by Gasteiger charge is 2.30. The number of hydrogen-bond donors (Lipinski definition) is 1. The molecule has 1 heterocycles. The summed E-state index contributed by atoms with van der Waals surface area (Å²) < 4.78 is 0. The van der Waals surface area contributed by atoms with Crippen molar-refractivity contribution in [2.24, 2.45) is 5.73 Å². The molecule has 0 aromatic carbocycles. The highest BCUT2D eigenvalue weighted by Crippen LogP contribution is 2.23. The zero-order valence-corrected chi connectivity index (χ0v) is 9.48. The highest BCUT2D eigenvalue weighted by molar-refractivity contribution is 5.79. The molecule has 0 atom stereocenters. The summed E-state index contributed by atoms with van der Waals surface area (Å²) in [5.74, 6) is 0.296. The zero-order valence-electron chi connectivity index (χ0n) is 9.48. The summed E-state index contributed by atoms with van der Waals surface area (Å²) in [6.45, 7) is 2.49. The second-order valence-corrected chi connectivity index (χ2v) is 4.89. The summed E-state index contributed by atoms with van der Waals surface area (Å²) >= 11 is 0. The Morgan fingerprint density at radius 3 is 2.47 bits per heavy atom. The number of carbonyl (C=O) groups excluding carboxylic acids is 1. The van der Waals surface area contributed by atoms with Crippen molar-refractivity contribution < 1.29 is 4.79 Å². The number of carbonyl (C=O) groups is 1. The van der Waals surface area contributed by atoms with Crippen LogP contribution in [0.1, 0.15) is 25.7 Å². The minimum atomic E-state index is 0.296. The third-order valence-electron chi connectivity index (χ3n) is 3.63. The number of amides is 1. The molecule has 0 bridgehead atoms. The van der Waals surface area contributed by atoms with Crippen molar-refractivity contribution in [1.82, 2.24) is 9.80 Å². The lowest BCUT2D eigenvalue weighted by Crippen LogP contribution is -2.54. The Kier molecular flexibility index (Phi) is 3.26. The fourth-order valence-electron chi connectivity index (χ4n) is 2.60. The number of piperazine rings is 1. The SMILES string of the molecule is CN1CCN([C@H]2CC[C@H](N)CC2)C(=O)C1. The first-order chi connectivity index (χ1) is 7.16. The van der Waals surface area contributed by atoms with Gasteiger partial charge in [0.1, 0.15) is 0 Å². The van der Waals surface area contributed by atoms with E-state index in [1.807, 2.05) is 7.05 Å². The van der Waals surface area contributed by atoms with Gasteiger partial charge in [0, 0.05) is 25.2 Å². The maximum absolute atomic E-state index is 11.8. The summed E-state index contributed by atoms with van der Waals surface area (Å²) in [5.41, 5.74) is 5.87. The Morgan fingerprint density at radius 1 is 1.20 bits per heavy atom.